The molecule has 8 heteroatoms. The highest BCUT2D eigenvalue weighted by atomic mass is 127. The highest BCUT2D eigenvalue weighted by Crippen LogP contribution is 2.23. The molecule has 2 aromatic rings. The van der Waals surface area contributed by atoms with Gasteiger partial charge in [-0.3, -0.25) is 4.99 Å². The highest BCUT2D eigenvalue weighted by molar-refractivity contribution is 14.0. The van der Waals surface area contributed by atoms with Crippen molar-refractivity contribution >= 4 is 35.6 Å². The van der Waals surface area contributed by atoms with Crippen LogP contribution >= 0.6 is 24.0 Å². The summed E-state index contributed by atoms with van der Waals surface area (Å²) < 4.78 is 2.10. The van der Waals surface area contributed by atoms with Crippen LogP contribution < -0.4 is 10.2 Å². The largest absolute Gasteiger partial charge is 0.368 e. The van der Waals surface area contributed by atoms with E-state index in [0.717, 1.165) is 63.9 Å². The lowest BCUT2D eigenvalue weighted by Crippen LogP contribution is -2.54. The Bertz CT molecular complexity index is 840. The van der Waals surface area contributed by atoms with Gasteiger partial charge in [-0.25, -0.2) is 0 Å². The first-order chi connectivity index (χ1) is 14.5. The fourth-order valence-electron chi connectivity index (χ4n) is 3.80. The topological polar surface area (TPSA) is 61.6 Å². The fraction of sp³-hybridized carbons (Fsp3) is 0.609. The summed E-state index contributed by atoms with van der Waals surface area (Å²) in [6.07, 6.45) is 3.77. The summed E-state index contributed by atoms with van der Waals surface area (Å²) in [4.78, 5) is 9.86. The lowest BCUT2D eigenvalue weighted by molar-refractivity contribution is 0.365. The number of rotatable bonds is 7. The SMILES string of the molecule is CCc1nncn1CCN=C(NC(C)CC)N1CCN(c2cccc(C)c2C)CC1.I. The maximum Gasteiger partial charge on any atom is 0.194 e. The zero-order chi connectivity index (χ0) is 21.5. The molecule has 1 saturated heterocycles. The Morgan fingerprint density at radius 1 is 1.16 bits per heavy atom. The number of aryl methyl sites for hydroxylation is 2. The second kappa shape index (κ2) is 12.3. The summed E-state index contributed by atoms with van der Waals surface area (Å²) in [6, 6.07) is 7.00. The molecule has 0 bridgehead atoms. The summed E-state index contributed by atoms with van der Waals surface area (Å²) in [5, 5.41) is 11.8. The van der Waals surface area contributed by atoms with Crippen molar-refractivity contribution in [3.63, 3.8) is 0 Å². The van der Waals surface area contributed by atoms with Crippen LogP contribution in [0.3, 0.4) is 0 Å². The van der Waals surface area contributed by atoms with Crippen molar-refractivity contribution in [2.45, 2.75) is 60.0 Å². The minimum absolute atomic E-state index is 0. The molecule has 1 aromatic heterocycles. The lowest BCUT2D eigenvalue weighted by Gasteiger charge is -2.39. The Hall–Kier alpha value is -1.84. The van der Waals surface area contributed by atoms with Crippen LogP contribution in [0.4, 0.5) is 5.69 Å². The number of nitrogens with one attached hydrogen (secondary N) is 1. The number of hydrogen-bond donors (Lipinski definition) is 1. The molecular formula is C23H38IN7. The minimum Gasteiger partial charge on any atom is -0.368 e. The number of benzene rings is 1. The summed E-state index contributed by atoms with van der Waals surface area (Å²) in [5.41, 5.74) is 4.11. The average Bonchev–Trinajstić information content (AvgIpc) is 3.22. The first-order valence-electron chi connectivity index (χ1n) is 11.3. The summed E-state index contributed by atoms with van der Waals surface area (Å²) in [5.74, 6) is 2.04. The van der Waals surface area contributed by atoms with Gasteiger partial charge in [-0.2, -0.15) is 0 Å². The third-order valence-electron chi connectivity index (χ3n) is 6.10. The van der Waals surface area contributed by atoms with E-state index in [4.69, 9.17) is 4.99 Å². The molecule has 1 fully saturated rings. The van der Waals surface area contributed by atoms with Crippen LogP contribution in [0, 0.1) is 13.8 Å². The molecule has 7 nitrogen and oxygen atoms in total. The van der Waals surface area contributed by atoms with Gasteiger partial charge in [0.15, 0.2) is 5.96 Å². The Kier molecular flexibility index (Phi) is 10.1. The van der Waals surface area contributed by atoms with E-state index >= 15 is 0 Å². The van der Waals surface area contributed by atoms with Gasteiger partial charge < -0.3 is 19.7 Å². The van der Waals surface area contributed by atoms with Gasteiger partial charge in [-0.15, -0.1) is 34.2 Å². The molecule has 31 heavy (non-hydrogen) atoms. The number of anilines is 1. The second-order valence-electron chi connectivity index (χ2n) is 8.15. The number of hydrogen-bond acceptors (Lipinski definition) is 4. The number of aliphatic imine (C=N–C) groups is 1. The van der Waals surface area contributed by atoms with E-state index in [0.29, 0.717) is 6.04 Å². The molecule has 3 rings (SSSR count). The molecule has 0 amide bonds. The van der Waals surface area contributed by atoms with Crippen molar-refractivity contribution in [1.29, 1.82) is 0 Å². The second-order valence-corrected chi connectivity index (χ2v) is 8.15. The monoisotopic (exact) mass is 539 g/mol. The zero-order valence-corrected chi connectivity index (χ0v) is 22.0. The predicted octanol–water partition coefficient (Wildman–Crippen LogP) is 3.64. The van der Waals surface area contributed by atoms with Crippen molar-refractivity contribution in [2.75, 3.05) is 37.6 Å². The standard InChI is InChI=1S/C23H37N7.HI/c1-6-19(4)26-23(24-11-12-30-17-25-27-22(30)7-2)29-15-13-28(14-16-29)21-10-8-9-18(3)20(21)5;/h8-10,17,19H,6-7,11-16H2,1-5H3,(H,24,26);1H. The highest BCUT2D eigenvalue weighted by Gasteiger charge is 2.22. The molecule has 0 radical (unpaired) electrons. The van der Waals surface area contributed by atoms with Crippen LogP contribution in [-0.2, 0) is 13.0 Å². The van der Waals surface area contributed by atoms with Crippen molar-refractivity contribution < 1.29 is 0 Å². The zero-order valence-electron chi connectivity index (χ0n) is 19.6. The Labute approximate surface area is 204 Å². The van der Waals surface area contributed by atoms with Gasteiger partial charge in [-0.05, 0) is 44.4 Å². The normalized spacial score (nSPS) is 15.6. The molecule has 1 unspecified atom stereocenters. The van der Waals surface area contributed by atoms with Crippen LogP contribution in [0.2, 0.25) is 0 Å². The molecule has 172 valence electrons. The molecule has 1 aliphatic heterocycles. The maximum absolute atomic E-state index is 4.95. The van der Waals surface area contributed by atoms with Crippen LogP contribution in [0.15, 0.2) is 29.5 Å². The van der Waals surface area contributed by atoms with Crippen molar-refractivity contribution in [3.05, 3.63) is 41.5 Å². The van der Waals surface area contributed by atoms with Crippen molar-refractivity contribution in [2.24, 2.45) is 4.99 Å². The lowest BCUT2D eigenvalue weighted by atomic mass is 10.1. The van der Waals surface area contributed by atoms with E-state index < -0.39 is 0 Å². The quantitative estimate of drug-likeness (QED) is 0.331. The molecule has 1 atom stereocenters. The van der Waals surface area contributed by atoms with Crippen LogP contribution in [0.25, 0.3) is 0 Å². The van der Waals surface area contributed by atoms with E-state index in [1.54, 1.807) is 6.33 Å². The van der Waals surface area contributed by atoms with Crippen LogP contribution in [0.1, 0.15) is 44.1 Å². The molecule has 2 heterocycles. The molecule has 0 aliphatic carbocycles. The average molecular weight is 540 g/mol. The Morgan fingerprint density at radius 3 is 2.58 bits per heavy atom. The van der Waals surface area contributed by atoms with Crippen LogP contribution in [0.5, 0.6) is 0 Å². The number of halogens is 1. The van der Waals surface area contributed by atoms with Gasteiger partial charge in [0.2, 0.25) is 0 Å². The van der Waals surface area contributed by atoms with Crippen molar-refractivity contribution in [1.82, 2.24) is 25.0 Å². The van der Waals surface area contributed by atoms with Gasteiger partial charge in [0.1, 0.15) is 12.2 Å². The summed E-state index contributed by atoms with van der Waals surface area (Å²) >= 11 is 0. The van der Waals surface area contributed by atoms with Gasteiger partial charge in [0.25, 0.3) is 0 Å². The molecular weight excluding hydrogens is 501 g/mol. The minimum atomic E-state index is 0. The van der Waals surface area contributed by atoms with Gasteiger partial charge in [0.05, 0.1) is 6.54 Å². The number of guanidine groups is 1. The molecule has 0 spiro atoms. The van der Waals surface area contributed by atoms with Crippen LogP contribution in [-0.4, -0.2) is 64.4 Å². The fourth-order valence-corrected chi connectivity index (χ4v) is 3.80. The van der Waals surface area contributed by atoms with E-state index in [1.165, 1.54) is 16.8 Å². The summed E-state index contributed by atoms with van der Waals surface area (Å²) in [7, 11) is 0. The predicted molar refractivity (Wildman–Crippen MR) is 140 cm³/mol. The maximum atomic E-state index is 4.95. The summed E-state index contributed by atoms with van der Waals surface area (Å²) in [6.45, 7) is 16.5. The van der Waals surface area contributed by atoms with E-state index in [1.807, 2.05) is 0 Å². The molecule has 1 aromatic carbocycles. The van der Waals surface area contributed by atoms with Gasteiger partial charge in [0, 0.05) is 50.9 Å². The van der Waals surface area contributed by atoms with Gasteiger partial charge in [-0.1, -0.05) is 26.0 Å². The van der Waals surface area contributed by atoms with E-state index in [9.17, 15) is 0 Å². The first-order valence-corrected chi connectivity index (χ1v) is 11.3. The first kappa shape index (κ1) is 25.4. The Balaban J connectivity index is 0.00000341. The molecule has 1 aliphatic rings. The van der Waals surface area contributed by atoms with E-state index in [-0.39, 0.29) is 24.0 Å². The molecule has 1 N–H and O–H groups in total. The number of aromatic nitrogens is 3. The third-order valence-corrected chi connectivity index (χ3v) is 6.10. The Morgan fingerprint density at radius 2 is 1.90 bits per heavy atom. The molecule has 0 saturated carbocycles. The van der Waals surface area contributed by atoms with Crippen molar-refractivity contribution in [3.8, 4) is 0 Å². The van der Waals surface area contributed by atoms with E-state index in [2.05, 4.69) is 82.7 Å². The van der Waals surface area contributed by atoms with Gasteiger partial charge >= 0.3 is 0 Å². The number of nitrogens with zero attached hydrogens (tertiary/aromatic N) is 6. The number of piperazine rings is 1. The third kappa shape index (κ3) is 6.57. The smallest absolute Gasteiger partial charge is 0.194 e.